The summed E-state index contributed by atoms with van der Waals surface area (Å²) in [5, 5.41) is 3.61. The lowest BCUT2D eigenvalue weighted by molar-refractivity contribution is 0.886. The summed E-state index contributed by atoms with van der Waals surface area (Å²) in [6.07, 6.45) is 16.9. The van der Waals surface area contributed by atoms with Crippen LogP contribution in [0.3, 0.4) is 0 Å². The maximum atomic E-state index is 3.61. The Bertz CT molecular complexity index is 835. The molecule has 2 aromatic carbocycles. The number of rotatable bonds is 4. The summed E-state index contributed by atoms with van der Waals surface area (Å²) in [4.78, 5) is 0. The molecule has 1 heteroatoms. The topological polar surface area (TPSA) is 12.0 Å². The van der Waals surface area contributed by atoms with Crippen LogP contribution in [0.15, 0.2) is 91.1 Å². The molecule has 0 radical (unpaired) electrons. The van der Waals surface area contributed by atoms with Crippen molar-refractivity contribution in [2.45, 2.75) is 25.3 Å². The Balaban J connectivity index is 1.39. The monoisotopic (exact) mass is 325 g/mol. The van der Waals surface area contributed by atoms with E-state index in [1.807, 2.05) is 0 Å². The van der Waals surface area contributed by atoms with E-state index in [1.165, 1.54) is 28.0 Å². The maximum absolute atomic E-state index is 3.61. The fraction of sp³-hybridized carbons (Fsp3) is 0.167. The molecule has 0 saturated carbocycles. The van der Waals surface area contributed by atoms with E-state index in [9.17, 15) is 0 Å². The zero-order valence-electron chi connectivity index (χ0n) is 14.4. The van der Waals surface area contributed by atoms with Gasteiger partial charge in [0.25, 0.3) is 0 Å². The number of benzene rings is 2. The molecule has 0 amide bonds. The molecular formula is C24H23N. The minimum atomic E-state index is 0.354. The summed E-state index contributed by atoms with van der Waals surface area (Å²) in [7, 11) is 0. The Labute approximate surface area is 150 Å². The van der Waals surface area contributed by atoms with Crippen molar-refractivity contribution < 1.29 is 0 Å². The summed E-state index contributed by atoms with van der Waals surface area (Å²) in [6.45, 7) is 0. The summed E-state index contributed by atoms with van der Waals surface area (Å²) in [6, 6.07) is 19.7. The van der Waals surface area contributed by atoms with Gasteiger partial charge in [-0.25, -0.2) is 0 Å². The van der Waals surface area contributed by atoms with Gasteiger partial charge in [-0.15, -0.1) is 0 Å². The van der Waals surface area contributed by atoms with Gasteiger partial charge in [-0.05, 0) is 53.7 Å². The highest BCUT2D eigenvalue weighted by atomic mass is 14.9. The molecule has 0 spiro atoms. The van der Waals surface area contributed by atoms with Crippen molar-refractivity contribution in [1.82, 2.24) is 0 Å². The van der Waals surface area contributed by atoms with E-state index in [2.05, 4.69) is 96.4 Å². The van der Waals surface area contributed by atoms with E-state index in [-0.39, 0.29) is 0 Å². The van der Waals surface area contributed by atoms with Crippen molar-refractivity contribution in [1.29, 1.82) is 0 Å². The average Bonchev–Trinajstić information content (AvgIpc) is 2.71. The lowest BCUT2D eigenvalue weighted by atomic mass is 9.97. The zero-order chi connectivity index (χ0) is 16.9. The summed E-state index contributed by atoms with van der Waals surface area (Å²) in [5.74, 6) is 0. The Morgan fingerprint density at radius 1 is 0.720 bits per heavy atom. The first kappa shape index (κ1) is 15.7. The first-order valence-electron chi connectivity index (χ1n) is 9.06. The van der Waals surface area contributed by atoms with Crippen LogP contribution in [0.1, 0.15) is 30.4 Å². The molecule has 2 aromatic rings. The quantitative estimate of drug-likeness (QED) is 0.701. The van der Waals surface area contributed by atoms with Gasteiger partial charge in [0.05, 0.1) is 0 Å². The molecule has 25 heavy (non-hydrogen) atoms. The summed E-state index contributed by atoms with van der Waals surface area (Å²) < 4.78 is 0. The Morgan fingerprint density at radius 2 is 1.48 bits per heavy atom. The number of allylic oxidation sites excluding steroid dienone is 6. The van der Waals surface area contributed by atoms with E-state index < -0.39 is 0 Å². The number of anilines is 1. The lowest BCUT2D eigenvalue weighted by Crippen LogP contribution is -2.17. The molecule has 2 aliphatic carbocycles. The maximum Gasteiger partial charge on any atom is 0.0482 e. The van der Waals surface area contributed by atoms with Crippen molar-refractivity contribution >= 4 is 16.8 Å². The van der Waals surface area contributed by atoms with Crippen molar-refractivity contribution in [2.75, 3.05) is 5.32 Å². The molecule has 0 saturated heterocycles. The van der Waals surface area contributed by atoms with Crippen molar-refractivity contribution in [3.05, 3.63) is 102 Å². The first-order valence-corrected chi connectivity index (χ1v) is 9.06. The van der Waals surface area contributed by atoms with E-state index in [1.54, 1.807) is 0 Å². The first-order chi connectivity index (χ1) is 12.4. The Morgan fingerprint density at radius 3 is 2.16 bits per heavy atom. The van der Waals surface area contributed by atoms with Crippen LogP contribution in [0.4, 0.5) is 5.69 Å². The van der Waals surface area contributed by atoms with Crippen LogP contribution in [0.5, 0.6) is 0 Å². The Hall–Kier alpha value is -2.80. The van der Waals surface area contributed by atoms with Gasteiger partial charge in [0, 0.05) is 11.7 Å². The highest BCUT2D eigenvalue weighted by molar-refractivity contribution is 5.76. The van der Waals surface area contributed by atoms with Crippen LogP contribution in [0.25, 0.3) is 11.1 Å². The summed E-state index contributed by atoms with van der Waals surface area (Å²) >= 11 is 0. The molecule has 0 heterocycles. The van der Waals surface area contributed by atoms with Gasteiger partial charge in [-0.1, -0.05) is 78.9 Å². The van der Waals surface area contributed by atoms with Gasteiger partial charge in [-0.2, -0.15) is 0 Å². The normalized spacial score (nSPS) is 19.3. The second-order valence-electron chi connectivity index (χ2n) is 6.59. The zero-order valence-corrected chi connectivity index (χ0v) is 14.4. The predicted molar refractivity (Wildman–Crippen MR) is 108 cm³/mol. The van der Waals surface area contributed by atoms with Crippen molar-refractivity contribution in [3.8, 4) is 0 Å². The fourth-order valence-electron chi connectivity index (χ4n) is 3.37. The summed E-state index contributed by atoms with van der Waals surface area (Å²) in [5.41, 5.74) is 6.41. The molecule has 1 unspecified atom stereocenters. The van der Waals surface area contributed by atoms with Gasteiger partial charge < -0.3 is 5.32 Å². The van der Waals surface area contributed by atoms with Gasteiger partial charge in [0.1, 0.15) is 0 Å². The third-order valence-electron chi connectivity index (χ3n) is 4.77. The minimum absolute atomic E-state index is 0.354. The third-order valence-corrected chi connectivity index (χ3v) is 4.77. The second-order valence-corrected chi connectivity index (χ2v) is 6.59. The van der Waals surface area contributed by atoms with E-state index in [0.717, 1.165) is 19.3 Å². The van der Waals surface area contributed by atoms with Crippen molar-refractivity contribution in [2.24, 2.45) is 0 Å². The van der Waals surface area contributed by atoms with Crippen LogP contribution in [0, 0.1) is 0 Å². The van der Waals surface area contributed by atoms with Gasteiger partial charge in [0.15, 0.2) is 0 Å². The molecule has 2 aliphatic rings. The Kier molecular flexibility index (Phi) is 4.65. The third kappa shape index (κ3) is 3.83. The molecule has 0 aromatic heterocycles. The van der Waals surface area contributed by atoms with Crippen LogP contribution in [-0.4, -0.2) is 6.04 Å². The fourth-order valence-corrected chi connectivity index (χ4v) is 3.37. The SMILES string of the molecule is C1=CC(c2ccc(NC3C=CC(c4ccccc4)=CC3)cc2)=CCC1. The molecule has 0 bridgehead atoms. The molecular weight excluding hydrogens is 302 g/mol. The number of hydrogen-bond donors (Lipinski definition) is 1. The van der Waals surface area contributed by atoms with E-state index in [0.29, 0.717) is 6.04 Å². The molecule has 0 fully saturated rings. The van der Waals surface area contributed by atoms with Crippen LogP contribution >= 0.6 is 0 Å². The van der Waals surface area contributed by atoms with Crippen LogP contribution < -0.4 is 5.32 Å². The standard InChI is InChI=1S/C24H23N/c1-3-7-19(8-4-1)21-11-15-23(16-12-21)25-24-17-13-22(14-18-24)20-9-5-2-6-10-20/h1,3-5,7-15,17-18,23,25H,2,6,16H2. The van der Waals surface area contributed by atoms with E-state index >= 15 is 0 Å². The molecule has 1 N–H and O–H groups in total. The highest BCUT2D eigenvalue weighted by Crippen LogP contribution is 2.25. The number of hydrogen-bond acceptors (Lipinski definition) is 1. The lowest BCUT2D eigenvalue weighted by Gasteiger charge is -2.19. The van der Waals surface area contributed by atoms with Gasteiger partial charge >= 0.3 is 0 Å². The van der Waals surface area contributed by atoms with Crippen LogP contribution in [-0.2, 0) is 0 Å². The number of nitrogens with one attached hydrogen (secondary N) is 1. The van der Waals surface area contributed by atoms with Gasteiger partial charge in [0.2, 0.25) is 0 Å². The molecule has 0 aliphatic heterocycles. The van der Waals surface area contributed by atoms with Gasteiger partial charge in [-0.3, -0.25) is 0 Å². The van der Waals surface area contributed by atoms with Crippen molar-refractivity contribution in [3.63, 3.8) is 0 Å². The largest absolute Gasteiger partial charge is 0.379 e. The second kappa shape index (κ2) is 7.40. The van der Waals surface area contributed by atoms with E-state index in [4.69, 9.17) is 0 Å². The average molecular weight is 325 g/mol. The predicted octanol–water partition coefficient (Wildman–Crippen LogP) is 6.24. The molecule has 1 atom stereocenters. The highest BCUT2D eigenvalue weighted by Gasteiger charge is 2.10. The molecule has 1 nitrogen and oxygen atoms in total. The van der Waals surface area contributed by atoms with Crippen LogP contribution in [0.2, 0.25) is 0 Å². The smallest absolute Gasteiger partial charge is 0.0482 e. The molecule has 4 rings (SSSR count). The minimum Gasteiger partial charge on any atom is -0.379 e. The molecule has 124 valence electrons.